The zero-order valence-electron chi connectivity index (χ0n) is 5.63. The van der Waals surface area contributed by atoms with Crippen molar-refractivity contribution in [3.8, 4) is 5.75 Å². The van der Waals surface area contributed by atoms with Crippen LogP contribution in [-0.2, 0) is 0 Å². The zero-order chi connectivity index (χ0) is 7.72. The van der Waals surface area contributed by atoms with Crippen molar-refractivity contribution < 1.29 is 5.11 Å². The molecule has 0 saturated heterocycles. The quantitative estimate of drug-likeness (QED) is 0.393. The Balaban J connectivity index is 3.31. The molecule has 0 spiro atoms. The van der Waals surface area contributed by atoms with Crippen LogP contribution in [0.25, 0.3) is 0 Å². The van der Waals surface area contributed by atoms with E-state index in [1.165, 1.54) is 6.07 Å². The lowest BCUT2D eigenvalue weighted by Gasteiger charge is -2.02. The number of phenolic OH excluding ortho intramolecular Hbond substituents is 1. The van der Waals surface area contributed by atoms with Crippen LogP contribution in [-0.4, -0.2) is 5.11 Å². The molecule has 0 unspecified atom stereocenters. The molecule has 0 radical (unpaired) electrons. The van der Waals surface area contributed by atoms with Gasteiger partial charge in [-0.1, -0.05) is 0 Å². The number of hydrogen-bond acceptors (Lipinski definition) is 3. The van der Waals surface area contributed by atoms with Gasteiger partial charge in [0.05, 0.1) is 0 Å². The van der Waals surface area contributed by atoms with Crippen LogP contribution in [0.4, 0.5) is 5.69 Å². The van der Waals surface area contributed by atoms with Crippen LogP contribution in [0, 0.1) is 6.92 Å². The van der Waals surface area contributed by atoms with Crippen molar-refractivity contribution in [3.63, 3.8) is 0 Å². The summed E-state index contributed by atoms with van der Waals surface area (Å²) in [5.41, 5.74) is 6.72. The lowest BCUT2D eigenvalue weighted by molar-refractivity contribution is 0.469. The Bertz CT molecular complexity index is 237. The van der Waals surface area contributed by atoms with Crippen LogP contribution in [0.15, 0.2) is 17.0 Å². The molecule has 0 bridgehead atoms. The molecule has 0 aromatic heterocycles. The van der Waals surface area contributed by atoms with Gasteiger partial charge < -0.3 is 10.8 Å². The molecule has 10 heavy (non-hydrogen) atoms. The predicted molar refractivity (Wildman–Crippen MR) is 44.5 cm³/mol. The van der Waals surface area contributed by atoms with Gasteiger partial charge in [0.2, 0.25) is 0 Å². The summed E-state index contributed by atoms with van der Waals surface area (Å²) in [6, 6.07) is 3.22. The van der Waals surface area contributed by atoms with Gasteiger partial charge in [-0.25, -0.2) is 0 Å². The molecule has 0 saturated carbocycles. The first kappa shape index (κ1) is 7.28. The molecule has 0 aliphatic heterocycles. The van der Waals surface area contributed by atoms with E-state index in [0.717, 1.165) is 10.5 Å². The van der Waals surface area contributed by atoms with Gasteiger partial charge >= 0.3 is 0 Å². The molecule has 0 heterocycles. The molecule has 1 rings (SSSR count). The second-order valence-electron chi connectivity index (χ2n) is 2.18. The van der Waals surface area contributed by atoms with E-state index >= 15 is 0 Å². The second-order valence-corrected chi connectivity index (χ2v) is 2.67. The highest BCUT2D eigenvalue weighted by atomic mass is 32.1. The first-order valence-electron chi connectivity index (χ1n) is 2.89. The summed E-state index contributed by atoms with van der Waals surface area (Å²) in [6.45, 7) is 1.79. The van der Waals surface area contributed by atoms with Crippen molar-refractivity contribution >= 4 is 18.3 Å². The third-order valence-electron chi connectivity index (χ3n) is 1.38. The molecule has 3 N–H and O–H groups in total. The molecule has 1 aromatic carbocycles. The van der Waals surface area contributed by atoms with Crippen LogP contribution in [0.2, 0.25) is 0 Å². The van der Waals surface area contributed by atoms with Crippen molar-refractivity contribution in [2.45, 2.75) is 11.8 Å². The van der Waals surface area contributed by atoms with E-state index in [9.17, 15) is 0 Å². The molecule has 54 valence electrons. The lowest BCUT2D eigenvalue weighted by Crippen LogP contribution is -1.86. The summed E-state index contributed by atoms with van der Waals surface area (Å²) in [7, 11) is 0. The molecule has 0 atom stereocenters. The first-order chi connectivity index (χ1) is 4.61. The maximum Gasteiger partial charge on any atom is 0.121 e. The number of aromatic hydroxyl groups is 1. The molecule has 0 fully saturated rings. The standard InChI is InChI=1S/C7H9NOS/c1-4-6(9)2-5(8)3-7(4)10/h2-3,9-10H,8H2,1H3. The highest BCUT2D eigenvalue weighted by Crippen LogP contribution is 2.25. The van der Waals surface area contributed by atoms with Crippen molar-refractivity contribution in [2.24, 2.45) is 0 Å². The smallest absolute Gasteiger partial charge is 0.121 e. The maximum atomic E-state index is 9.15. The molecule has 3 heteroatoms. The fraction of sp³-hybridized carbons (Fsp3) is 0.143. The average Bonchev–Trinajstić information content (AvgIpc) is 1.82. The number of anilines is 1. The van der Waals surface area contributed by atoms with E-state index in [1.807, 2.05) is 0 Å². The topological polar surface area (TPSA) is 46.2 Å². The Morgan fingerprint density at radius 3 is 2.60 bits per heavy atom. The predicted octanol–water partition coefficient (Wildman–Crippen LogP) is 1.57. The largest absolute Gasteiger partial charge is 0.508 e. The molecule has 0 aliphatic carbocycles. The number of thiol groups is 1. The number of rotatable bonds is 0. The third kappa shape index (κ3) is 1.19. The fourth-order valence-electron chi connectivity index (χ4n) is 0.705. The highest BCUT2D eigenvalue weighted by molar-refractivity contribution is 7.80. The fourth-order valence-corrected chi connectivity index (χ4v) is 0.969. The Labute approximate surface area is 65.1 Å². The van der Waals surface area contributed by atoms with Crippen LogP contribution in [0.5, 0.6) is 5.75 Å². The number of phenols is 1. The monoisotopic (exact) mass is 155 g/mol. The molecular formula is C7H9NOS. The van der Waals surface area contributed by atoms with Crippen LogP contribution < -0.4 is 5.73 Å². The minimum Gasteiger partial charge on any atom is -0.508 e. The number of nitrogens with two attached hydrogens (primary N) is 1. The van der Waals surface area contributed by atoms with Crippen LogP contribution in [0.3, 0.4) is 0 Å². The summed E-state index contributed by atoms with van der Waals surface area (Å²) < 4.78 is 0. The molecule has 0 amide bonds. The Hall–Kier alpha value is -0.830. The minimum atomic E-state index is 0.199. The van der Waals surface area contributed by atoms with Gasteiger partial charge in [-0.2, -0.15) is 0 Å². The average molecular weight is 155 g/mol. The van der Waals surface area contributed by atoms with Gasteiger partial charge in [-0.3, -0.25) is 0 Å². The van der Waals surface area contributed by atoms with E-state index in [0.29, 0.717) is 5.69 Å². The number of nitrogen functional groups attached to an aromatic ring is 1. The first-order valence-corrected chi connectivity index (χ1v) is 3.34. The van der Waals surface area contributed by atoms with Crippen molar-refractivity contribution in [2.75, 3.05) is 5.73 Å². The Kier molecular flexibility index (Phi) is 1.76. The van der Waals surface area contributed by atoms with Gasteiger partial charge in [0.1, 0.15) is 5.75 Å². The zero-order valence-corrected chi connectivity index (χ0v) is 6.52. The van der Waals surface area contributed by atoms with E-state index in [-0.39, 0.29) is 5.75 Å². The summed E-state index contributed by atoms with van der Waals surface area (Å²) in [4.78, 5) is 0.720. The minimum absolute atomic E-state index is 0.199. The van der Waals surface area contributed by atoms with E-state index in [2.05, 4.69) is 12.6 Å². The number of hydrogen-bond donors (Lipinski definition) is 3. The lowest BCUT2D eigenvalue weighted by atomic mass is 10.2. The van der Waals surface area contributed by atoms with Gasteiger partial charge in [-0.05, 0) is 13.0 Å². The summed E-state index contributed by atoms with van der Waals surface area (Å²) in [6.07, 6.45) is 0. The molecule has 0 aliphatic rings. The normalized spacial score (nSPS) is 9.80. The summed E-state index contributed by atoms with van der Waals surface area (Å²) in [5.74, 6) is 0.199. The number of benzene rings is 1. The summed E-state index contributed by atoms with van der Waals surface area (Å²) in [5, 5.41) is 9.15. The Morgan fingerprint density at radius 1 is 1.50 bits per heavy atom. The van der Waals surface area contributed by atoms with Gasteiger partial charge in [0.15, 0.2) is 0 Å². The van der Waals surface area contributed by atoms with Crippen LogP contribution in [0.1, 0.15) is 5.56 Å². The SMILES string of the molecule is Cc1c(O)cc(N)cc1S. The summed E-state index contributed by atoms with van der Waals surface area (Å²) >= 11 is 4.10. The third-order valence-corrected chi connectivity index (χ3v) is 1.84. The Morgan fingerprint density at radius 2 is 2.10 bits per heavy atom. The maximum absolute atomic E-state index is 9.15. The highest BCUT2D eigenvalue weighted by Gasteiger charge is 1.99. The molecule has 2 nitrogen and oxygen atoms in total. The molecular weight excluding hydrogens is 146 g/mol. The van der Waals surface area contributed by atoms with Crippen LogP contribution >= 0.6 is 12.6 Å². The van der Waals surface area contributed by atoms with Gasteiger partial charge in [0, 0.05) is 22.2 Å². The van der Waals surface area contributed by atoms with Crippen molar-refractivity contribution in [3.05, 3.63) is 17.7 Å². The van der Waals surface area contributed by atoms with Crippen molar-refractivity contribution in [1.29, 1.82) is 0 Å². The van der Waals surface area contributed by atoms with Crippen molar-refractivity contribution in [1.82, 2.24) is 0 Å². The van der Waals surface area contributed by atoms with Gasteiger partial charge in [0.25, 0.3) is 0 Å². The molecule has 1 aromatic rings. The van der Waals surface area contributed by atoms with E-state index < -0.39 is 0 Å². The van der Waals surface area contributed by atoms with Gasteiger partial charge in [-0.15, -0.1) is 12.6 Å². The van der Waals surface area contributed by atoms with E-state index in [1.54, 1.807) is 13.0 Å². The van der Waals surface area contributed by atoms with E-state index in [4.69, 9.17) is 10.8 Å². The second kappa shape index (κ2) is 2.42.